The van der Waals surface area contributed by atoms with Crippen molar-refractivity contribution < 1.29 is 0 Å². The van der Waals surface area contributed by atoms with E-state index in [1.54, 1.807) is 11.3 Å². The minimum absolute atomic E-state index is 0.270. The topological polar surface area (TPSA) is 24.9 Å². The van der Waals surface area contributed by atoms with Gasteiger partial charge in [-0.15, -0.1) is 11.3 Å². The van der Waals surface area contributed by atoms with Crippen molar-refractivity contribution in [2.45, 2.75) is 26.8 Å². The van der Waals surface area contributed by atoms with Crippen molar-refractivity contribution in [3.63, 3.8) is 0 Å². The van der Waals surface area contributed by atoms with E-state index in [-0.39, 0.29) is 6.04 Å². The van der Waals surface area contributed by atoms with E-state index in [4.69, 9.17) is 0 Å². The molecule has 0 aliphatic carbocycles. The fourth-order valence-electron chi connectivity index (χ4n) is 1.90. The molecule has 0 aliphatic heterocycles. The molecule has 0 aliphatic rings. The van der Waals surface area contributed by atoms with Crippen LogP contribution in [0, 0.1) is 13.8 Å². The van der Waals surface area contributed by atoms with Gasteiger partial charge in [-0.2, -0.15) is 0 Å². The number of rotatable bonds is 4. The van der Waals surface area contributed by atoms with Gasteiger partial charge in [-0.05, 0) is 37.1 Å². The summed E-state index contributed by atoms with van der Waals surface area (Å²) in [5.41, 5.74) is 5.89. The van der Waals surface area contributed by atoms with E-state index in [2.05, 4.69) is 49.3 Å². The predicted octanol–water partition coefficient (Wildman–Crippen LogP) is 3.46. The number of aryl methyl sites for hydroxylation is 2. The van der Waals surface area contributed by atoms with E-state index >= 15 is 0 Å². The number of nitrogens with one attached hydrogen (secondary N) is 1. The highest BCUT2D eigenvalue weighted by atomic mass is 32.1. The maximum Gasteiger partial charge on any atom is 0.0794 e. The van der Waals surface area contributed by atoms with E-state index < -0.39 is 0 Å². The first-order chi connectivity index (χ1) is 8.22. The molecule has 1 aromatic carbocycles. The lowest BCUT2D eigenvalue weighted by atomic mass is 10.0. The van der Waals surface area contributed by atoms with Crippen molar-refractivity contribution in [2.75, 3.05) is 6.54 Å². The monoisotopic (exact) mass is 246 g/mol. The average Bonchev–Trinajstić information content (AvgIpc) is 2.83. The lowest BCUT2D eigenvalue weighted by molar-refractivity contribution is 0.638. The number of thiazole rings is 1. The fraction of sp³-hybridized carbons (Fsp3) is 0.357. The van der Waals surface area contributed by atoms with Gasteiger partial charge in [-0.3, -0.25) is 4.98 Å². The van der Waals surface area contributed by atoms with E-state index in [1.807, 2.05) is 11.7 Å². The van der Waals surface area contributed by atoms with Gasteiger partial charge >= 0.3 is 0 Å². The smallest absolute Gasteiger partial charge is 0.0794 e. The van der Waals surface area contributed by atoms with Gasteiger partial charge in [0.1, 0.15) is 0 Å². The largest absolute Gasteiger partial charge is 0.306 e. The van der Waals surface area contributed by atoms with Crippen LogP contribution >= 0.6 is 11.3 Å². The van der Waals surface area contributed by atoms with Crippen molar-refractivity contribution >= 4 is 11.3 Å². The standard InChI is InChI=1S/C14H18N2S/c1-4-16-14(13-8-15-9-17-13)12-6-5-10(2)11(3)7-12/h5-9,14,16H,4H2,1-3H3. The molecule has 0 saturated carbocycles. The van der Waals surface area contributed by atoms with Crippen LogP contribution < -0.4 is 5.32 Å². The highest BCUT2D eigenvalue weighted by Gasteiger charge is 2.14. The molecule has 17 heavy (non-hydrogen) atoms. The third-order valence-corrected chi connectivity index (χ3v) is 3.85. The first kappa shape index (κ1) is 12.3. The normalized spacial score (nSPS) is 12.6. The second-order valence-corrected chi connectivity index (χ2v) is 5.16. The molecule has 1 heterocycles. The maximum absolute atomic E-state index is 4.17. The van der Waals surface area contributed by atoms with Crippen LogP contribution in [0.2, 0.25) is 0 Å². The molecular formula is C14H18N2S. The summed E-state index contributed by atoms with van der Waals surface area (Å²) in [5, 5.41) is 3.52. The lowest BCUT2D eigenvalue weighted by Gasteiger charge is -2.17. The molecule has 0 spiro atoms. The molecule has 0 fully saturated rings. The zero-order chi connectivity index (χ0) is 12.3. The Morgan fingerprint density at radius 1 is 1.29 bits per heavy atom. The van der Waals surface area contributed by atoms with E-state index in [0.717, 1.165) is 6.54 Å². The summed E-state index contributed by atoms with van der Waals surface area (Å²) < 4.78 is 0. The molecule has 1 N–H and O–H groups in total. The van der Waals surface area contributed by atoms with Crippen molar-refractivity contribution in [1.29, 1.82) is 0 Å². The third-order valence-electron chi connectivity index (χ3n) is 3.01. The highest BCUT2D eigenvalue weighted by Crippen LogP contribution is 2.26. The van der Waals surface area contributed by atoms with Gasteiger partial charge in [-0.25, -0.2) is 0 Å². The first-order valence-electron chi connectivity index (χ1n) is 5.91. The number of aromatic nitrogens is 1. The number of hydrogen-bond donors (Lipinski definition) is 1. The van der Waals surface area contributed by atoms with Gasteiger partial charge in [0.2, 0.25) is 0 Å². The Labute approximate surface area is 107 Å². The van der Waals surface area contributed by atoms with Crippen LogP contribution in [0.1, 0.15) is 34.5 Å². The molecule has 0 radical (unpaired) electrons. The van der Waals surface area contributed by atoms with Crippen LogP contribution in [0.4, 0.5) is 0 Å². The molecule has 0 bridgehead atoms. The number of nitrogens with zero attached hydrogens (tertiary/aromatic N) is 1. The Balaban J connectivity index is 2.35. The van der Waals surface area contributed by atoms with Crippen LogP contribution in [0.25, 0.3) is 0 Å². The Morgan fingerprint density at radius 3 is 2.71 bits per heavy atom. The summed E-state index contributed by atoms with van der Waals surface area (Å²) in [6, 6.07) is 6.93. The average molecular weight is 246 g/mol. The summed E-state index contributed by atoms with van der Waals surface area (Å²) >= 11 is 1.70. The Hall–Kier alpha value is -1.19. The summed E-state index contributed by atoms with van der Waals surface area (Å²) in [4.78, 5) is 5.44. The minimum atomic E-state index is 0.270. The van der Waals surface area contributed by atoms with Gasteiger partial charge < -0.3 is 5.32 Å². The van der Waals surface area contributed by atoms with Gasteiger partial charge in [-0.1, -0.05) is 25.1 Å². The van der Waals surface area contributed by atoms with E-state index in [1.165, 1.54) is 21.6 Å². The number of benzene rings is 1. The SMILES string of the molecule is CCNC(c1ccc(C)c(C)c1)c1cncs1. The van der Waals surface area contributed by atoms with Crippen LogP contribution in [-0.2, 0) is 0 Å². The molecule has 2 aromatic rings. The first-order valence-corrected chi connectivity index (χ1v) is 6.79. The minimum Gasteiger partial charge on any atom is -0.306 e. The molecule has 1 aromatic heterocycles. The Bertz CT molecular complexity index is 477. The highest BCUT2D eigenvalue weighted by molar-refractivity contribution is 7.09. The summed E-state index contributed by atoms with van der Waals surface area (Å²) in [6.07, 6.45) is 1.95. The zero-order valence-electron chi connectivity index (χ0n) is 10.5. The molecule has 1 unspecified atom stereocenters. The van der Waals surface area contributed by atoms with Gasteiger partial charge in [0, 0.05) is 11.1 Å². The van der Waals surface area contributed by atoms with Crippen LogP contribution in [0.5, 0.6) is 0 Å². The predicted molar refractivity (Wildman–Crippen MR) is 73.5 cm³/mol. The van der Waals surface area contributed by atoms with Gasteiger partial charge in [0.05, 0.1) is 11.6 Å². The Kier molecular flexibility index (Phi) is 3.92. The summed E-state index contributed by atoms with van der Waals surface area (Å²) in [7, 11) is 0. The summed E-state index contributed by atoms with van der Waals surface area (Å²) in [5.74, 6) is 0. The van der Waals surface area contributed by atoms with Gasteiger partial charge in [0.15, 0.2) is 0 Å². The summed E-state index contributed by atoms with van der Waals surface area (Å²) in [6.45, 7) is 7.40. The number of hydrogen-bond acceptors (Lipinski definition) is 3. The van der Waals surface area contributed by atoms with Crippen LogP contribution in [0.15, 0.2) is 29.9 Å². The second-order valence-electron chi connectivity index (χ2n) is 4.24. The molecule has 3 heteroatoms. The molecule has 0 saturated heterocycles. The second kappa shape index (κ2) is 5.43. The van der Waals surface area contributed by atoms with Crippen molar-refractivity contribution in [3.8, 4) is 0 Å². The van der Waals surface area contributed by atoms with Crippen molar-refractivity contribution in [1.82, 2.24) is 10.3 Å². The molecule has 90 valence electrons. The van der Waals surface area contributed by atoms with E-state index in [0.29, 0.717) is 0 Å². The van der Waals surface area contributed by atoms with Crippen molar-refractivity contribution in [3.05, 3.63) is 51.5 Å². The Morgan fingerprint density at radius 2 is 2.12 bits per heavy atom. The van der Waals surface area contributed by atoms with Crippen molar-refractivity contribution in [2.24, 2.45) is 0 Å². The zero-order valence-corrected chi connectivity index (χ0v) is 11.3. The van der Waals surface area contributed by atoms with Crippen LogP contribution in [0.3, 0.4) is 0 Å². The van der Waals surface area contributed by atoms with Gasteiger partial charge in [0.25, 0.3) is 0 Å². The van der Waals surface area contributed by atoms with Crippen LogP contribution in [-0.4, -0.2) is 11.5 Å². The maximum atomic E-state index is 4.17. The lowest BCUT2D eigenvalue weighted by Crippen LogP contribution is -2.21. The molecule has 2 nitrogen and oxygen atoms in total. The third kappa shape index (κ3) is 2.73. The molecule has 0 amide bonds. The fourth-order valence-corrected chi connectivity index (χ4v) is 2.62. The molecule has 2 rings (SSSR count). The quantitative estimate of drug-likeness (QED) is 0.893. The molecular weight excluding hydrogens is 228 g/mol. The van der Waals surface area contributed by atoms with E-state index in [9.17, 15) is 0 Å². The molecule has 1 atom stereocenters.